The molecule has 18 heavy (non-hydrogen) atoms. The molecule has 0 aromatic heterocycles. The minimum absolute atomic E-state index is 0.0701. The lowest BCUT2D eigenvalue weighted by atomic mass is 9.93. The number of aliphatic hydroxyl groups excluding tert-OH is 1. The van der Waals surface area contributed by atoms with Crippen LogP contribution in [0.25, 0.3) is 0 Å². The Hall–Kier alpha value is -0.330. The number of alkyl halides is 3. The van der Waals surface area contributed by atoms with Crippen LogP contribution in [0.5, 0.6) is 0 Å². The highest BCUT2D eigenvalue weighted by molar-refractivity contribution is 4.83. The molecule has 1 saturated carbocycles. The fourth-order valence-corrected chi connectivity index (χ4v) is 2.84. The first-order chi connectivity index (χ1) is 8.48. The Labute approximate surface area is 106 Å². The lowest BCUT2D eigenvalue weighted by Gasteiger charge is -2.36. The molecule has 6 heteroatoms. The molecule has 3 nitrogen and oxygen atoms in total. The molecule has 0 aromatic rings. The number of hydrogen-bond donors (Lipinski definition) is 2. The number of halogens is 3. The van der Waals surface area contributed by atoms with Crippen molar-refractivity contribution in [1.82, 2.24) is 4.90 Å². The molecule has 0 bridgehead atoms. The molecule has 1 aliphatic carbocycles. The molecule has 2 unspecified atom stereocenters. The molecule has 1 rings (SSSR count). The van der Waals surface area contributed by atoms with Crippen molar-refractivity contribution >= 4 is 0 Å². The van der Waals surface area contributed by atoms with Crippen LogP contribution in [0, 0.1) is 5.92 Å². The quantitative estimate of drug-likeness (QED) is 0.747. The molecular formula is C12H23F3N2O. The Balaban J connectivity index is 2.73. The van der Waals surface area contributed by atoms with Crippen molar-refractivity contribution in [2.45, 2.75) is 44.3 Å². The van der Waals surface area contributed by atoms with Gasteiger partial charge in [0.2, 0.25) is 0 Å². The number of hydrogen-bond acceptors (Lipinski definition) is 3. The van der Waals surface area contributed by atoms with Gasteiger partial charge in [0.15, 0.2) is 0 Å². The first-order valence-electron chi connectivity index (χ1n) is 6.59. The van der Waals surface area contributed by atoms with Gasteiger partial charge in [0.05, 0.1) is 13.2 Å². The summed E-state index contributed by atoms with van der Waals surface area (Å²) in [6, 6.07) is -0.147. The van der Waals surface area contributed by atoms with Crippen LogP contribution < -0.4 is 5.73 Å². The Morgan fingerprint density at radius 3 is 2.39 bits per heavy atom. The molecule has 0 aliphatic heterocycles. The third kappa shape index (κ3) is 5.12. The number of rotatable bonds is 5. The van der Waals surface area contributed by atoms with E-state index in [9.17, 15) is 13.2 Å². The summed E-state index contributed by atoms with van der Waals surface area (Å²) in [7, 11) is 0. The zero-order chi connectivity index (χ0) is 13.6. The van der Waals surface area contributed by atoms with Crippen LogP contribution in [0.3, 0.4) is 0 Å². The van der Waals surface area contributed by atoms with Crippen molar-refractivity contribution in [1.29, 1.82) is 0 Å². The summed E-state index contributed by atoms with van der Waals surface area (Å²) in [5.41, 5.74) is 5.69. The molecule has 0 spiro atoms. The smallest absolute Gasteiger partial charge is 0.395 e. The highest BCUT2D eigenvalue weighted by Crippen LogP contribution is 2.29. The normalized spacial score (nSPS) is 26.3. The van der Waals surface area contributed by atoms with Gasteiger partial charge in [-0.25, -0.2) is 0 Å². The van der Waals surface area contributed by atoms with E-state index in [-0.39, 0.29) is 25.1 Å². The SMILES string of the molecule is NCC1CCCCCC1N(CCO)CC(F)(F)F. The maximum absolute atomic E-state index is 12.6. The van der Waals surface area contributed by atoms with E-state index in [1.165, 1.54) is 4.90 Å². The summed E-state index contributed by atoms with van der Waals surface area (Å²) in [6.07, 6.45) is 0.462. The van der Waals surface area contributed by atoms with Crippen molar-refractivity contribution in [3.05, 3.63) is 0 Å². The fourth-order valence-electron chi connectivity index (χ4n) is 2.84. The van der Waals surface area contributed by atoms with E-state index >= 15 is 0 Å². The van der Waals surface area contributed by atoms with Crippen LogP contribution in [-0.4, -0.2) is 48.5 Å². The molecular weight excluding hydrogens is 245 g/mol. The maximum Gasteiger partial charge on any atom is 0.401 e. The van der Waals surface area contributed by atoms with E-state index in [1.807, 2.05) is 0 Å². The molecule has 0 radical (unpaired) electrons. The second-order valence-electron chi connectivity index (χ2n) is 5.01. The van der Waals surface area contributed by atoms with E-state index < -0.39 is 12.7 Å². The average Bonchev–Trinajstić information content (AvgIpc) is 2.51. The number of nitrogens with zero attached hydrogens (tertiary/aromatic N) is 1. The minimum atomic E-state index is -4.22. The first kappa shape index (κ1) is 15.7. The van der Waals surface area contributed by atoms with Crippen LogP contribution >= 0.6 is 0 Å². The van der Waals surface area contributed by atoms with Gasteiger partial charge in [-0.3, -0.25) is 4.90 Å². The van der Waals surface area contributed by atoms with Crippen molar-refractivity contribution in [2.24, 2.45) is 11.7 Å². The summed E-state index contributed by atoms with van der Waals surface area (Å²) >= 11 is 0. The summed E-state index contributed by atoms with van der Waals surface area (Å²) in [5, 5.41) is 8.95. The lowest BCUT2D eigenvalue weighted by molar-refractivity contribution is -0.154. The maximum atomic E-state index is 12.6. The second kappa shape index (κ2) is 7.31. The number of aliphatic hydroxyl groups is 1. The molecule has 0 amide bonds. The van der Waals surface area contributed by atoms with Crippen LogP contribution in [-0.2, 0) is 0 Å². The van der Waals surface area contributed by atoms with Crippen LogP contribution in [0.1, 0.15) is 32.1 Å². The molecule has 3 N–H and O–H groups in total. The Morgan fingerprint density at radius 2 is 1.83 bits per heavy atom. The second-order valence-corrected chi connectivity index (χ2v) is 5.01. The lowest BCUT2D eigenvalue weighted by Crippen LogP contribution is -2.48. The largest absolute Gasteiger partial charge is 0.401 e. The standard InChI is InChI=1S/C12H23F3N2O/c13-12(14,15)9-17(6-7-18)11-5-3-1-2-4-10(11)8-16/h10-11,18H,1-9,16H2. The van der Waals surface area contributed by atoms with Gasteiger partial charge < -0.3 is 10.8 Å². The summed E-state index contributed by atoms with van der Waals surface area (Å²) in [6.45, 7) is -0.705. The van der Waals surface area contributed by atoms with Crippen molar-refractivity contribution in [3.8, 4) is 0 Å². The van der Waals surface area contributed by atoms with Crippen LogP contribution in [0.15, 0.2) is 0 Å². The monoisotopic (exact) mass is 268 g/mol. The summed E-state index contributed by atoms with van der Waals surface area (Å²) in [5.74, 6) is 0.112. The van der Waals surface area contributed by atoms with Gasteiger partial charge >= 0.3 is 6.18 Å². The van der Waals surface area contributed by atoms with Gasteiger partial charge in [0.25, 0.3) is 0 Å². The topological polar surface area (TPSA) is 49.5 Å². The Kier molecular flexibility index (Phi) is 6.38. The van der Waals surface area contributed by atoms with Gasteiger partial charge in [0.1, 0.15) is 0 Å². The fraction of sp³-hybridized carbons (Fsp3) is 1.00. The molecule has 1 aliphatic rings. The predicted octanol–water partition coefficient (Wildman–Crippen LogP) is 1.75. The van der Waals surface area contributed by atoms with E-state index in [1.54, 1.807) is 0 Å². The minimum Gasteiger partial charge on any atom is -0.395 e. The Bertz CT molecular complexity index is 236. The average molecular weight is 268 g/mol. The van der Waals surface area contributed by atoms with Gasteiger partial charge in [-0.2, -0.15) is 13.2 Å². The molecule has 2 atom stereocenters. The third-order valence-corrected chi connectivity index (χ3v) is 3.66. The van der Waals surface area contributed by atoms with Gasteiger partial charge in [-0.05, 0) is 25.3 Å². The van der Waals surface area contributed by atoms with E-state index in [2.05, 4.69) is 0 Å². The van der Waals surface area contributed by atoms with Gasteiger partial charge in [0, 0.05) is 12.6 Å². The first-order valence-corrected chi connectivity index (χ1v) is 6.59. The zero-order valence-corrected chi connectivity index (χ0v) is 10.6. The summed E-state index contributed by atoms with van der Waals surface area (Å²) < 4.78 is 37.7. The summed E-state index contributed by atoms with van der Waals surface area (Å²) in [4.78, 5) is 1.36. The van der Waals surface area contributed by atoms with Gasteiger partial charge in [-0.15, -0.1) is 0 Å². The highest BCUT2D eigenvalue weighted by Gasteiger charge is 2.36. The molecule has 0 heterocycles. The predicted molar refractivity (Wildman–Crippen MR) is 64.1 cm³/mol. The number of nitrogens with two attached hydrogens (primary N) is 1. The van der Waals surface area contributed by atoms with E-state index in [4.69, 9.17) is 10.8 Å². The molecule has 1 fully saturated rings. The van der Waals surface area contributed by atoms with E-state index in [0.29, 0.717) is 6.54 Å². The van der Waals surface area contributed by atoms with Gasteiger partial charge in [-0.1, -0.05) is 19.3 Å². The van der Waals surface area contributed by atoms with E-state index in [0.717, 1.165) is 32.1 Å². The molecule has 108 valence electrons. The van der Waals surface area contributed by atoms with Crippen molar-refractivity contribution < 1.29 is 18.3 Å². The van der Waals surface area contributed by atoms with Crippen molar-refractivity contribution in [3.63, 3.8) is 0 Å². The van der Waals surface area contributed by atoms with Crippen molar-refractivity contribution in [2.75, 3.05) is 26.2 Å². The Morgan fingerprint density at radius 1 is 1.17 bits per heavy atom. The zero-order valence-electron chi connectivity index (χ0n) is 10.6. The van der Waals surface area contributed by atoms with Crippen LogP contribution in [0.4, 0.5) is 13.2 Å². The molecule has 0 saturated heterocycles. The highest BCUT2D eigenvalue weighted by atomic mass is 19.4. The van der Waals surface area contributed by atoms with Crippen LogP contribution in [0.2, 0.25) is 0 Å². The third-order valence-electron chi connectivity index (χ3n) is 3.66. The molecule has 0 aromatic carbocycles.